The molecule has 4 rings (SSSR count). The Hall–Kier alpha value is -1.68. The summed E-state index contributed by atoms with van der Waals surface area (Å²) in [4.78, 5) is 41.7. The lowest BCUT2D eigenvalue weighted by Gasteiger charge is -2.34. The lowest BCUT2D eigenvalue weighted by atomic mass is 9.70. The predicted molar refractivity (Wildman–Crippen MR) is 127 cm³/mol. The number of benzene rings is 1. The Morgan fingerprint density at radius 1 is 1.27 bits per heavy atom. The third-order valence-electron chi connectivity index (χ3n) is 6.81. The van der Waals surface area contributed by atoms with Gasteiger partial charge in [-0.15, -0.1) is 0 Å². The highest BCUT2D eigenvalue weighted by Crippen LogP contribution is 2.60. The van der Waals surface area contributed by atoms with E-state index in [1.165, 1.54) is 0 Å². The summed E-state index contributed by atoms with van der Waals surface area (Å²) in [5.41, 5.74) is -0.521. The standard InChI is InChI=1S/C23H29BrClN3O5/c1-2-9-26-20(30)16-17-22(32)28(10-3-4-11-29)19(23(17)12-15(24)18(16)33-23)21(31)27-14-7-5-13(25)6-8-14/h5-8,15-19,29H,2-4,9-12H2,1H3,(H,26,30)(H,27,31)/t15?,16-,17+,18-,19?,23?/m1/s1. The zero-order valence-electron chi connectivity index (χ0n) is 18.4. The largest absolute Gasteiger partial charge is 0.396 e. The molecule has 3 fully saturated rings. The summed E-state index contributed by atoms with van der Waals surface area (Å²) in [7, 11) is 0. The molecule has 0 radical (unpaired) electrons. The van der Waals surface area contributed by atoms with Crippen LogP contribution < -0.4 is 10.6 Å². The number of alkyl halides is 1. The Kier molecular flexibility index (Phi) is 7.33. The molecular formula is C23H29BrClN3O5. The summed E-state index contributed by atoms with van der Waals surface area (Å²) in [6.45, 7) is 2.79. The van der Waals surface area contributed by atoms with E-state index in [1.54, 1.807) is 29.2 Å². The molecule has 0 aliphatic carbocycles. The van der Waals surface area contributed by atoms with Crippen LogP contribution in [0.1, 0.15) is 32.6 Å². The van der Waals surface area contributed by atoms with Crippen LogP contribution in [0.2, 0.25) is 5.02 Å². The minimum absolute atomic E-state index is 0.00232. The molecule has 180 valence electrons. The van der Waals surface area contributed by atoms with Crippen LogP contribution in [0.3, 0.4) is 0 Å². The van der Waals surface area contributed by atoms with Gasteiger partial charge in [-0.3, -0.25) is 14.4 Å². The number of fused-ring (bicyclic) bond motifs is 1. The fourth-order valence-corrected chi connectivity index (χ4v) is 6.54. The van der Waals surface area contributed by atoms with Crippen molar-refractivity contribution in [3.63, 3.8) is 0 Å². The number of hydrogen-bond donors (Lipinski definition) is 3. The molecule has 3 aliphatic heterocycles. The molecule has 1 aromatic rings. The van der Waals surface area contributed by atoms with E-state index in [2.05, 4.69) is 26.6 Å². The highest BCUT2D eigenvalue weighted by atomic mass is 79.9. The smallest absolute Gasteiger partial charge is 0.250 e. The summed E-state index contributed by atoms with van der Waals surface area (Å²) in [6.07, 6.45) is 1.83. The van der Waals surface area contributed by atoms with Crippen LogP contribution in [0, 0.1) is 11.8 Å². The first-order chi connectivity index (χ1) is 15.8. The number of aliphatic hydroxyl groups is 1. The van der Waals surface area contributed by atoms with Crippen molar-refractivity contribution in [1.29, 1.82) is 0 Å². The van der Waals surface area contributed by atoms with Gasteiger partial charge in [-0.2, -0.15) is 0 Å². The van der Waals surface area contributed by atoms with Crippen molar-refractivity contribution >= 4 is 50.9 Å². The molecule has 0 saturated carbocycles. The highest BCUT2D eigenvalue weighted by Gasteiger charge is 2.76. The van der Waals surface area contributed by atoms with Crippen LogP contribution in [-0.2, 0) is 19.1 Å². The van der Waals surface area contributed by atoms with Crippen LogP contribution in [0.15, 0.2) is 24.3 Å². The number of aliphatic hydroxyl groups excluding tert-OH is 1. The zero-order valence-corrected chi connectivity index (χ0v) is 20.8. The van der Waals surface area contributed by atoms with E-state index < -0.39 is 29.6 Å². The van der Waals surface area contributed by atoms with Gasteiger partial charge in [0, 0.05) is 35.2 Å². The Balaban J connectivity index is 1.67. The summed E-state index contributed by atoms with van der Waals surface area (Å²) in [5.74, 6) is -2.17. The van der Waals surface area contributed by atoms with Crippen molar-refractivity contribution < 1.29 is 24.2 Å². The number of hydrogen-bond acceptors (Lipinski definition) is 5. The zero-order chi connectivity index (χ0) is 23.8. The molecule has 3 amide bonds. The van der Waals surface area contributed by atoms with Crippen molar-refractivity contribution in [2.24, 2.45) is 11.8 Å². The van der Waals surface area contributed by atoms with E-state index in [-0.39, 0.29) is 29.2 Å². The summed E-state index contributed by atoms with van der Waals surface area (Å²) < 4.78 is 6.41. The number of anilines is 1. The van der Waals surface area contributed by atoms with Crippen LogP contribution >= 0.6 is 27.5 Å². The van der Waals surface area contributed by atoms with E-state index in [4.69, 9.17) is 16.3 Å². The average molecular weight is 543 g/mol. The minimum atomic E-state index is -1.08. The van der Waals surface area contributed by atoms with Crippen LogP contribution in [0.4, 0.5) is 5.69 Å². The third kappa shape index (κ3) is 4.29. The number of unbranched alkanes of at least 4 members (excludes halogenated alkanes) is 1. The number of nitrogens with one attached hydrogen (secondary N) is 2. The Morgan fingerprint density at radius 3 is 2.67 bits per heavy atom. The quantitative estimate of drug-likeness (QED) is 0.328. The first kappa shape index (κ1) is 24.4. The van der Waals surface area contributed by atoms with E-state index in [9.17, 15) is 19.5 Å². The number of rotatable bonds is 9. The maximum Gasteiger partial charge on any atom is 0.250 e. The maximum absolute atomic E-state index is 13.7. The Labute approximate surface area is 206 Å². The van der Waals surface area contributed by atoms with Crippen molar-refractivity contribution in [2.75, 3.05) is 25.0 Å². The van der Waals surface area contributed by atoms with Gasteiger partial charge in [0.05, 0.1) is 17.9 Å². The van der Waals surface area contributed by atoms with Crippen molar-refractivity contribution in [3.8, 4) is 0 Å². The van der Waals surface area contributed by atoms with E-state index in [0.29, 0.717) is 43.1 Å². The number of ether oxygens (including phenoxy) is 1. The van der Waals surface area contributed by atoms with Crippen LogP contribution in [-0.4, -0.2) is 70.0 Å². The van der Waals surface area contributed by atoms with Crippen molar-refractivity contribution in [3.05, 3.63) is 29.3 Å². The maximum atomic E-state index is 13.7. The second kappa shape index (κ2) is 9.90. The number of carbonyl (C=O) groups excluding carboxylic acids is 3. The normalized spacial score (nSPS) is 32.2. The lowest BCUT2D eigenvalue weighted by molar-refractivity contribution is -0.140. The molecule has 3 N–H and O–H groups in total. The second-order valence-corrected chi connectivity index (χ2v) is 10.5. The van der Waals surface area contributed by atoms with Gasteiger partial charge in [0.15, 0.2) is 0 Å². The molecule has 3 aliphatic rings. The number of likely N-dealkylation sites (tertiary alicyclic amines) is 1. The van der Waals surface area contributed by atoms with E-state index >= 15 is 0 Å². The SMILES string of the molecule is CCCNC(=O)[C@H]1[C@@H]2OC3(CC2Br)C(C(=O)Nc2ccc(Cl)cc2)N(CCCCO)C(=O)[C@H]13. The number of carbonyl (C=O) groups is 3. The molecule has 10 heteroatoms. The predicted octanol–water partition coefficient (Wildman–Crippen LogP) is 2.33. The first-order valence-electron chi connectivity index (χ1n) is 11.4. The van der Waals surface area contributed by atoms with E-state index in [1.807, 2.05) is 6.92 Å². The van der Waals surface area contributed by atoms with Gasteiger partial charge < -0.3 is 25.4 Å². The number of halogens is 2. The Morgan fingerprint density at radius 2 is 2.00 bits per heavy atom. The Bertz CT molecular complexity index is 916. The monoisotopic (exact) mass is 541 g/mol. The van der Waals surface area contributed by atoms with Gasteiger partial charge in [-0.25, -0.2) is 0 Å². The molecule has 0 aromatic heterocycles. The van der Waals surface area contributed by atoms with Crippen LogP contribution in [0.5, 0.6) is 0 Å². The topological polar surface area (TPSA) is 108 Å². The van der Waals surface area contributed by atoms with E-state index in [0.717, 1.165) is 6.42 Å². The van der Waals surface area contributed by atoms with Gasteiger partial charge in [0.2, 0.25) is 17.7 Å². The molecule has 3 heterocycles. The second-order valence-electron chi connectivity index (χ2n) is 8.91. The summed E-state index contributed by atoms with van der Waals surface area (Å²) in [5, 5.41) is 15.6. The average Bonchev–Trinajstić information content (AvgIpc) is 3.37. The highest BCUT2D eigenvalue weighted by molar-refractivity contribution is 9.09. The number of amides is 3. The van der Waals surface area contributed by atoms with Crippen molar-refractivity contribution in [1.82, 2.24) is 10.2 Å². The van der Waals surface area contributed by atoms with Gasteiger partial charge in [0.25, 0.3) is 0 Å². The first-order valence-corrected chi connectivity index (χ1v) is 12.7. The lowest BCUT2D eigenvalue weighted by Crippen LogP contribution is -2.54. The molecule has 3 unspecified atom stereocenters. The third-order valence-corrected chi connectivity index (χ3v) is 7.91. The van der Waals surface area contributed by atoms with Gasteiger partial charge in [0.1, 0.15) is 11.6 Å². The molecule has 8 nitrogen and oxygen atoms in total. The van der Waals surface area contributed by atoms with Crippen LogP contribution in [0.25, 0.3) is 0 Å². The fraction of sp³-hybridized carbons (Fsp3) is 0.609. The van der Waals surface area contributed by atoms with Gasteiger partial charge in [-0.1, -0.05) is 34.5 Å². The summed E-state index contributed by atoms with van der Waals surface area (Å²) >= 11 is 9.60. The molecule has 6 atom stereocenters. The molecular weight excluding hydrogens is 514 g/mol. The minimum Gasteiger partial charge on any atom is -0.396 e. The van der Waals surface area contributed by atoms with Gasteiger partial charge in [-0.05, 0) is 49.9 Å². The number of nitrogens with zero attached hydrogens (tertiary/aromatic N) is 1. The molecule has 3 saturated heterocycles. The summed E-state index contributed by atoms with van der Waals surface area (Å²) in [6, 6.07) is 5.88. The molecule has 2 bridgehead atoms. The fourth-order valence-electron chi connectivity index (χ4n) is 5.47. The van der Waals surface area contributed by atoms with Gasteiger partial charge >= 0.3 is 0 Å². The molecule has 1 spiro atoms. The van der Waals surface area contributed by atoms with Crippen molar-refractivity contribution in [2.45, 2.75) is 55.2 Å². The molecule has 1 aromatic carbocycles. The molecule has 33 heavy (non-hydrogen) atoms.